The molecule has 0 rings (SSSR count). The molecule has 4 heteroatoms. The molecule has 112 valence electrons. The second kappa shape index (κ2) is 12.4. The normalized spacial score (nSPS) is 11.9. The lowest BCUT2D eigenvalue weighted by atomic mass is 10.0. The van der Waals surface area contributed by atoms with E-state index in [1.807, 2.05) is 7.05 Å². The van der Waals surface area contributed by atoms with Crippen molar-refractivity contribution in [1.29, 1.82) is 0 Å². The molecule has 0 spiro atoms. The Morgan fingerprint density at radius 2 is 1.79 bits per heavy atom. The molecular formula is C15H29NO2S. The molecule has 0 aliphatic heterocycles. The Morgan fingerprint density at radius 1 is 1.16 bits per heavy atom. The smallest absolute Gasteiger partial charge is 0.302 e. The van der Waals surface area contributed by atoms with Crippen LogP contribution in [-0.4, -0.2) is 24.1 Å². The summed E-state index contributed by atoms with van der Waals surface area (Å²) in [5, 5.41) is 2.97. The van der Waals surface area contributed by atoms with Crippen molar-refractivity contribution in [2.45, 2.75) is 77.7 Å². The SMILES string of the molecule is CCCCCCCC(CCCC(=S)NC)OC(C)=O. The van der Waals surface area contributed by atoms with Gasteiger partial charge in [0.2, 0.25) is 0 Å². The van der Waals surface area contributed by atoms with Crippen LogP contribution < -0.4 is 5.32 Å². The van der Waals surface area contributed by atoms with Gasteiger partial charge in [0.05, 0.1) is 4.99 Å². The minimum atomic E-state index is -0.172. The highest BCUT2D eigenvalue weighted by atomic mass is 32.1. The quantitative estimate of drug-likeness (QED) is 0.354. The molecule has 1 unspecified atom stereocenters. The minimum Gasteiger partial charge on any atom is -0.463 e. The monoisotopic (exact) mass is 287 g/mol. The molecule has 0 aromatic carbocycles. The van der Waals surface area contributed by atoms with Gasteiger partial charge in [-0.2, -0.15) is 0 Å². The lowest BCUT2D eigenvalue weighted by Crippen LogP contribution is -2.19. The highest BCUT2D eigenvalue weighted by Gasteiger charge is 2.11. The molecule has 0 radical (unpaired) electrons. The van der Waals surface area contributed by atoms with Gasteiger partial charge in [-0.1, -0.05) is 44.8 Å². The van der Waals surface area contributed by atoms with Crippen LogP contribution >= 0.6 is 12.2 Å². The highest BCUT2D eigenvalue weighted by molar-refractivity contribution is 7.80. The fourth-order valence-corrected chi connectivity index (χ4v) is 2.23. The minimum absolute atomic E-state index is 0.0683. The van der Waals surface area contributed by atoms with Crippen LogP contribution in [0.15, 0.2) is 0 Å². The fraction of sp³-hybridized carbons (Fsp3) is 0.867. The van der Waals surface area contributed by atoms with Crippen LogP contribution in [0.3, 0.4) is 0 Å². The molecule has 1 atom stereocenters. The first-order chi connectivity index (χ1) is 9.10. The van der Waals surface area contributed by atoms with Gasteiger partial charge in [-0.3, -0.25) is 4.79 Å². The first-order valence-corrected chi connectivity index (χ1v) is 7.88. The third-order valence-electron chi connectivity index (χ3n) is 3.17. The largest absolute Gasteiger partial charge is 0.463 e. The average molecular weight is 287 g/mol. The van der Waals surface area contributed by atoms with Gasteiger partial charge in [-0.25, -0.2) is 0 Å². The highest BCUT2D eigenvalue weighted by Crippen LogP contribution is 2.15. The number of hydrogen-bond acceptors (Lipinski definition) is 3. The molecule has 3 nitrogen and oxygen atoms in total. The van der Waals surface area contributed by atoms with Crippen molar-refractivity contribution in [3.05, 3.63) is 0 Å². The summed E-state index contributed by atoms with van der Waals surface area (Å²) in [7, 11) is 1.85. The van der Waals surface area contributed by atoms with E-state index < -0.39 is 0 Å². The Labute approximate surface area is 123 Å². The van der Waals surface area contributed by atoms with Gasteiger partial charge >= 0.3 is 5.97 Å². The molecule has 0 aliphatic rings. The third-order valence-corrected chi connectivity index (χ3v) is 3.58. The van der Waals surface area contributed by atoms with Gasteiger partial charge in [-0.05, 0) is 32.1 Å². The van der Waals surface area contributed by atoms with Gasteiger partial charge < -0.3 is 10.1 Å². The van der Waals surface area contributed by atoms with Gasteiger partial charge in [0.15, 0.2) is 0 Å². The zero-order chi connectivity index (χ0) is 14.5. The van der Waals surface area contributed by atoms with Gasteiger partial charge in [-0.15, -0.1) is 0 Å². The Hall–Kier alpha value is -0.640. The van der Waals surface area contributed by atoms with E-state index in [2.05, 4.69) is 12.2 Å². The van der Waals surface area contributed by atoms with E-state index in [0.29, 0.717) is 0 Å². The van der Waals surface area contributed by atoms with Crippen molar-refractivity contribution in [1.82, 2.24) is 5.32 Å². The third kappa shape index (κ3) is 12.2. The summed E-state index contributed by atoms with van der Waals surface area (Å²) in [5.74, 6) is -0.172. The number of nitrogens with one attached hydrogen (secondary N) is 1. The second-order valence-electron chi connectivity index (χ2n) is 5.00. The van der Waals surface area contributed by atoms with Crippen LogP contribution in [0.2, 0.25) is 0 Å². The summed E-state index contributed by atoms with van der Waals surface area (Å²) < 4.78 is 5.37. The number of rotatable bonds is 11. The molecule has 0 aromatic heterocycles. The van der Waals surface area contributed by atoms with Crippen LogP contribution in [0.5, 0.6) is 0 Å². The standard InChI is InChI=1S/C15H29NO2S/c1-4-5-6-7-8-10-14(18-13(2)17)11-9-12-15(19)16-3/h14H,4-12H2,1-3H3,(H,16,19). The topological polar surface area (TPSA) is 38.3 Å². The van der Waals surface area contributed by atoms with Crippen LogP contribution in [-0.2, 0) is 9.53 Å². The summed E-state index contributed by atoms with van der Waals surface area (Å²) in [4.78, 5) is 12.0. The van der Waals surface area contributed by atoms with Gasteiger partial charge in [0.1, 0.15) is 6.10 Å². The van der Waals surface area contributed by atoms with Gasteiger partial charge in [0, 0.05) is 14.0 Å². The second-order valence-corrected chi connectivity index (χ2v) is 5.49. The van der Waals surface area contributed by atoms with E-state index in [9.17, 15) is 4.79 Å². The number of carbonyl (C=O) groups is 1. The molecule has 0 saturated carbocycles. The maximum Gasteiger partial charge on any atom is 0.302 e. The first-order valence-electron chi connectivity index (χ1n) is 7.48. The van der Waals surface area contributed by atoms with E-state index in [1.54, 1.807) is 0 Å². The Bertz CT molecular complexity index is 257. The van der Waals surface area contributed by atoms with E-state index in [1.165, 1.54) is 32.6 Å². The Kier molecular flexibility index (Phi) is 12.0. The molecule has 0 heterocycles. The van der Waals surface area contributed by atoms with Crippen molar-refractivity contribution < 1.29 is 9.53 Å². The summed E-state index contributed by atoms with van der Waals surface area (Å²) in [5.41, 5.74) is 0. The molecule has 0 amide bonds. The number of esters is 1. The number of carbonyl (C=O) groups excluding carboxylic acids is 1. The zero-order valence-corrected chi connectivity index (χ0v) is 13.5. The van der Waals surface area contributed by atoms with Crippen molar-refractivity contribution in [2.24, 2.45) is 0 Å². The van der Waals surface area contributed by atoms with Gasteiger partial charge in [0.25, 0.3) is 0 Å². The van der Waals surface area contributed by atoms with E-state index in [4.69, 9.17) is 17.0 Å². The predicted octanol–water partition coefficient (Wildman–Crippen LogP) is 4.00. The maximum atomic E-state index is 11.1. The molecule has 0 fully saturated rings. The summed E-state index contributed by atoms with van der Waals surface area (Å²) >= 11 is 5.11. The number of thiocarbonyl (C=S) groups is 1. The van der Waals surface area contributed by atoms with Crippen molar-refractivity contribution in [2.75, 3.05) is 7.05 Å². The molecule has 0 bridgehead atoms. The lowest BCUT2D eigenvalue weighted by Gasteiger charge is -2.17. The predicted molar refractivity (Wildman–Crippen MR) is 84.4 cm³/mol. The van der Waals surface area contributed by atoms with Crippen molar-refractivity contribution in [3.63, 3.8) is 0 Å². The van der Waals surface area contributed by atoms with Crippen LogP contribution in [0.4, 0.5) is 0 Å². The lowest BCUT2D eigenvalue weighted by molar-refractivity contribution is -0.147. The zero-order valence-electron chi connectivity index (χ0n) is 12.7. The van der Waals surface area contributed by atoms with Crippen LogP contribution in [0.1, 0.15) is 71.6 Å². The number of ether oxygens (including phenoxy) is 1. The molecule has 19 heavy (non-hydrogen) atoms. The Morgan fingerprint density at radius 3 is 2.37 bits per heavy atom. The fourth-order valence-electron chi connectivity index (χ4n) is 2.09. The maximum absolute atomic E-state index is 11.1. The van der Waals surface area contributed by atoms with Crippen LogP contribution in [0.25, 0.3) is 0 Å². The molecular weight excluding hydrogens is 258 g/mol. The molecule has 0 aromatic rings. The summed E-state index contributed by atoms with van der Waals surface area (Å²) in [6.45, 7) is 3.70. The van der Waals surface area contributed by atoms with E-state index in [0.717, 1.165) is 37.1 Å². The van der Waals surface area contributed by atoms with Crippen LogP contribution in [0, 0.1) is 0 Å². The number of hydrogen-bond donors (Lipinski definition) is 1. The summed E-state index contributed by atoms with van der Waals surface area (Å²) in [6, 6.07) is 0. The van der Waals surface area contributed by atoms with Crippen molar-refractivity contribution >= 4 is 23.2 Å². The Balaban J connectivity index is 3.81. The number of unbranched alkanes of at least 4 members (excludes halogenated alkanes) is 4. The average Bonchev–Trinajstić information content (AvgIpc) is 2.37. The molecule has 0 saturated heterocycles. The molecule has 1 N–H and O–H groups in total. The molecule has 0 aliphatic carbocycles. The van der Waals surface area contributed by atoms with Crippen molar-refractivity contribution in [3.8, 4) is 0 Å². The first kappa shape index (κ1) is 18.4. The summed E-state index contributed by atoms with van der Waals surface area (Å²) in [6.07, 6.45) is 10.0. The van der Waals surface area contributed by atoms with E-state index >= 15 is 0 Å². The van der Waals surface area contributed by atoms with E-state index in [-0.39, 0.29) is 12.1 Å².